The first kappa shape index (κ1) is 16.3. The highest BCUT2D eigenvalue weighted by Gasteiger charge is 2.28. The highest BCUT2D eigenvalue weighted by molar-refractivity contribution is 5.80. The summed E-state index contributed by atoms with van der Waals surface area (Å²) in [5.74, 6) is 0.818. The number of rotatable bonds is 7. The largest absolute Gasteiger partial charge is 0.496 e. The molecule has 22 heavy (non-hydrogen) atoms. The predicted octanol–water partition coefficient (Wildman–Crippen LogP) is 0.522. The Bertz CT molecular complexity index is 533. The quantitative estimate of drug-likeness (QED) is 0.770. The standard InChI is InChI=1S/C16H23N3O3/c1-3-19-11-13(8-16(19)21)17-10-15(20)18-9-12-6-4-5-7-14(12)22-2/h4-7,13,17H,3,8-11H2,1-2H3,(H,18,20). The first-order valence-electron chi connectivity index (χ1n) is 7.53. The fourth-order valence-corrected chi connectivity index (χ4v) is 2.56. The zero-order valence-electron chi connectivity index (χ0n) is 13.1. The van der Waals surface area contributed by atoms with E-state index in [0.29, 0.717) is 19.5 Å². The van der Waals surface area contributed by atoms with Crippen LogP contribution in [0.1, 0.15) is 18.9 Å². The van der Waals surface area contributed by atoms with E-state index in [0.717, 1.165) is 17.9 Å². The van der Waals surface area contributed by atoms with Crippen LogP contribution in [0.5, 0.6) is 5.75 Å². The number of nitrogens with one attached hydrogen (secondary N) is 2. The minimum absolute atomic E-state index is 0.0597. The van der Waals surface area contributed by atoms with Crippen molar-refractivity contribution >= 4 is 11.8 Å². The molecule has 1 unspecified atom stereocenters. The number of likely N-dealkylation sites (N-methyl/N-ethyl adjacent to an activating group) is 1. The molecular formula is C16H23N3O3. The van der Waals surface area contributed by atoms with Gasteiger partial charge in [-0.1, -0.05) is 18.2 Å². The van der Waals surface area contributed by atoms with E-state index in [4.69, 9.17) is 4.74 Å². The molecule has 0 radical (unpaired) electrons. The van der Waals surface area contributed by atoms with E-state index in [9.17, 15) is 9.59 Å². The van der Waals surface area contributed by atoms with Gasteiger partial charge in [-0.3, -0.25) is 9.59 Å². The SMILES string of the molecule is CCN1CC(NCC(=O)NCc2ccccc2OC)CC1=O. The summed E-state index contributed by atoms with van der Waals surface area (Å²) in [6.45, 7) is 3.99. The molecule has 6 nitrogen and oxygen atoms in total. The third-order valence-electron chi connectivity index (χ3n) is 3.82. The van der Waals surface area contributed by atoms with E-state index in [2.05, 4.69) is 10.6 Å². The lowest BCUT2D eigenvalue weighted by Crippen LogP contribution is -2.40. The molecule has 0 spiro atoms. The van der Waals surface area contributed by atoms with Crippen molar-refractivity contribution in [1.29, 1.82) is 0 Å². The summed E-state index contributed by atoms with van der Waals surface area (Å²) in [6, 6.07) is 7.64. The van der Waals surface area contributed by atoms with Crippen LogP contribution < -0.4 is 15.4 Å². The molecule has 1 aliphatic heterocycles. The lowest BCUT2D eigenvalue weighted by Gasteiger charge is -2.15. The number of nitrogens with zero attached hydrogens (tertiary/aromatic N) is 1. The molecule has 1 aromatic carbocycles. The van der Waals surface area contributed by atoms with Crippen LogP contribution in [0.3, 0.4) is 0 Å². The molecule has 1 aromatic rings. The smallest absolute Gasteiger partial charge is 0.234 e. The maximum Gasteiger partial charge on any atom is 0.234 e. The van der Waals surface area contributed by atoms with Crippen molar-refractivity contribution in [1.82, 2.24) is 15.5 Å². The van der Waals surface area contributed by atoms with Gasteiger partial charge >= 0.3 is 0 Å². The fraction of sp³-hybridized carbons (Fsp3) is 0.500. The molecule has 1 heterocycles. The van der Waals surface area contributed by atoms with Crippen LogP contribution in [0.2, 0.25) is 0 Å². The van der Waals surface area contributed by atoms with Gasteiger partial charge in [-0.05, 0) is 13.0 Å². The average Bonchev–Trinajstić information content (AvgIpc) is 2.91. The first-order chi connectivity index (χ1) is 10.6. The molecule has 0 aliphatic carbocycles. The molecule has 6 heteroatoms. The number of hydrogen-bond donors (Lipinski definition) is 2. The minimum atomic E-state index is -0.0895. The molecule has 0 bridgehead atoms. The van der Waals surface area contributed by atoms with Crippen LogP contribution in [-0.4, -0.2) is 49.5 Å². The van der Waals surface area contributed by atoms with Gasteiger partial charge in [-0.25, -0.2) is 0 Å². The van der Waals surface area contributed by atoms with Gasteiger partial charge in [0.05, 0.1) is 13.7 Å². The summed E-state index contributed by atoms with van der Waals surface area (Å²) in [5, 5.41) is 5.99. The molecule has 120 valence electrons. The van der Waals surface area contributed by atoms with Gasteiger partial charge in [0.15, 0.2) is 0 Å². The number of hydrogen-bond acceptors (Lipinski definition) is 4. The van der Waals surface area contributed by atoms with Gasteiger partial charge in [0.2, 0.25) is 11.8 Å². The number of para-hydroxylation sites is 1. The second kappa shape index (κ2) is 7.79. The Morgan fingerprint density at radius 1 is 1.41 bits per heavy atom. The summed E-state index contributed by atoms with van der Waals surface area (Å²) < 4.78 is 5.24. The normalized spacial score (nSPS) is 17.6. The molecule has 1 aliphatic rings. The van der Waals surface area contributed by atoms with Gasteiger partial charge in [-0.15, -0.1) is 0 Å². The maximum atomic E-state index is 11.9. The summed E-state index contributed by atoms with van der Waals surface area (Å²) >= 11 is 0. The third-order valence-corrected chi connectivity index (χ3v) is 3.82. The predicted molar refractivity (Wildman–Crippen MR) is 83.5 cm³/mol. The molecule has 2 amide bonds. The van der Waals surface area contributed by atoms with Gasteiger partial charge in [0.1, 0.15) is 5.75 Å². The number of carbonyl (C=O) groups excluding carboxylic acids is 2. The van der Waals surface area contributed by atoms with Crippen LogP contribution in [0, 0.1) is 0 Å². The molecule has 0 saturated carbocycles. The number of carbonyl (C=O) groups is 2. The number of amides is 2. The Morgan fingerprint density at radius 3 is 2.86 bits per heavy atom. The fourth-order valence-electron chi connectivity index (χ4n) is 2.56. The summed E-state index contributed by atoms with van der Waals surface area (Å²) in [6.07, 6.45) is 0.466. The van der Waals surface area contributed by atoms with Gasteiger partial charge in [0.25, 0.3) is 0 Å². The van der Waals surface area contributed by atoms with Crippen molar-refractivity contribution in [2.24, 2.45) is 0 Å². The topological polar surface area (TPSA) is 70.7 Å². The van der Waals surface area contributed by atoms with E-state index >= 15 is 0 Å². The maximum absolute atomic E-state index is 11.9. The Labute approximate surface area is 130 Å². The lowest BCUT2D eigenvalue weighted by molar-refractivity contribution is -0.127. The van der Waals surface area contributed by atoms with Crippen molar-refractivity contribution in [2.45, 2.75) is 25.9 Å². The van der Waals surface area contributed by atoms with E-state index < -0.39 is 0 Å². The molecule has 1 atom stereocenters. The molecule has 2 rings (SSSR count). The van der Waals surface area contributed by atoms with Crippen molar-refractivity contribution in [3.63, 3.8) is 0 Å². The van der Waals surface area contributed by atoms with E-state index in [1.165, 1.54) is 0 Å². The van der Waals surface area contributed by atoms with Crippen molar-refractivity contribution in [3.05, 3.63) is 29.8 Å². The zero-order chi connectivity index (χ0) is 15.9. The Kier molecular flexibility index (Phi) is 5.77. The number of ether oxygens (including phenoxy) is 1. The molecular weight excluding hydrogens is 282 g/mol. The van der Waals surface area contributed by atoms with Crippen molar-refractivity contribution in [3.8, 4) is 5.75 Å². The highest BCUT2D eigenvalue weighted by Crippen LogP contribution is 2.16. The van der Waals surface area contributed by atoms with Crippen LogP contribution in [-0.2, 0) is 16.1 Å². The molecule has 1 fully saturated rings. The van der Waals surface area contributed by atoms with Crippen molar-refractivity contribution < 1.29 is 14.3 Å². The summed E-state index contributed by atoms with van der Waals surface area (Å²) in [4.78, 5) is 25.3. The minimum Gasteiger partial charge on any atom is -0.496 e. The second-order valence-corrected chi connectivity index (χ2v) is 5.30. The second-order valence-electron chi connectivity index (χ2n) is 5.30. The average molecular weight is 305 g/mol. The zero-order valence-corrected chi connectivity index (χ0v) is 13.1. The van der Waals surface area contributed by atoms with E-state index in [1.807, 2.05) is 31.2 Å². The van der Waals surface area contributed by atoms with Crippen LogP contribution in [0.25, 0.3) is 0 Å². The van der Waals surface area contributed by atoms with E-state index in [1.54, 1.807) is 12.0 Å². The van der Waals surface area contributed by atoms with Crippen LogP contribution >= 0.6 is 0 Å². The van der Waals surface area contributed by atoms with Crippen LogP contribution in [0.4, 0.5) is 0 Å². The Morgan fingerprint density at radius 2 is 2.18 bits per heavy atom. The number of methoxy groups -OCH3 is 1. The Balaban J connectivity index is 1.74. The van der Waals surface area contributed by atoms with Crippen molar-refractivity contribution in [2.75, 3.05) is 26.7 Å². The Hall–Kier alpha value is -2.08. The van der Waals surface area contributed by atoms with Gasteiger partial charge < -0.3 is 20.3 Å². The highest BCUT2D eigenvalue weighted by atomic mass is 16.5. The molecule has 2 N–H and O–H groups in total. The molecule has 1 saturated heterocycles. The molecule has 0 aromatic heterocycles. The monoisotopic (exact) mass is 305 g/mol. The van der Waals surface area contributed by atoms with E-state index in [-0.39, 0.29) is 24.4 Å². The third kappa shape index (κ3) is 4.21. The van der Waals surface area contributed by atoms with Gasteiger partial charge in [0, 0.05) is 37.7 Å². The summed E-state index contributed by atoms with van der Waals surface area (Å²) in [7, 11) is 1.61. The van der Waals surface area contributed by atoms with Gasteiger partial charge in [-0.2, -0.15) is 0 Å². The number of likely N-dealkylation sites (tertiary alicyclic amines) is 1. The summed E-state index contributed by atoms with van der Waals surface area (Å²) in [5.41, 5.74) is 0.937. The lowest BCUT2D eigenvalue weighted by atomic mass is 10.2. The first-order valence-corrected chi connectivity index (χ1v) is 7.53. The number of benzene rings is 1. The van der Waals surface area contributed by atoms with Crippen LogP contribution in [0.15, 0.2) is 24.3 Å².